The zero-order valence-electron chi connectivity index (χ0n) is 38.3. The highest BCUT2D eigenvalue weighted by atomic mass is 28.3. The van der Waals surface area contributed by atoms with Gasteiger partial charge in [0.15, 0.2) is 8.07 Å². The molecule has 11 aromatic carbocycles. The molecular weight excluding hydrogens is 863 g/mol. The third-order valence-electron chi connectivity index (χ3n) is 14.8. The lowest BCUT2D eigenvalue weighted by molar-refractivity contribution is 1.16. The number of rotatable bonds is 8. The fraction of sp³-hybridized carbons (Fsp3) is 0. The Bertz CT molecular complexity index is 4170. The van der Waals surface area contributed by atoms with Gasteiger partial charge >= 0.3 is 0 Å². The molecule has 0 fully saturated rings. The van der Waals surface area contributed by atoms with Gasteiger partial charge < -0.3 is 13.7 Å². The van der Waals surface area contributed by atoms with E-state index < -0.39 is 8.07 Å². The molecule has 0 aliphatic heterocycles. The summed E-state index contributed by atoms with van der Waals surface area (Å²) >= 11 is 0. The molecule has 0 saturated carbocycles. The van der Waals surface area contributed by atoms with Gasteiger partial charge in [0.1, 0.15) is 0 Å². The average molecular weight is 908 g/mol. The van der Waals surface area contributed by atoms with Crippen molar-refractivity contribution in [3.63, 3.8) is 0 Å². The van der Waals surface area contributed by atoms with E-state index in [0.29, 0.717) is 0 Å². The Hall–Kier alpha value is -8.96. The predicted octanol–water partition coefficient (Wildman–Crippen LogP) is 14.0. The van der Waals surface area contributed by atoms with Crippen molar-refractivity contribution >= 4 is 94.2 Å². The van der Waals surface area contributed by atoms with Gasteiger partial charge in [0.25, 0.3) is 0 Å². The van der Waals surface area contributed by atoms with Crippen molar-refractivity contribution in [1.29, 1.82) is 0 Å². The maximum absolute atomic E-state index is 2.87. The first kappa shape index (κ1) is 40.1. The lowest BCUT2D eigenvalue weighted by Gasteiger charge is -2.34. The molecule has 3 heterocycles. The summed E-state index contributed by atoms with van der Waals surface area (Å²) in [5.41, 5.74) is 13.0. The first-order chi connectivity index (χ1) is 34.8. The van der Waals surface area contributed by atoms with Crippen molar-refractivity contribution in [2.24, 2.45) is 0 Å². The van der Waals surface area contributed by atoms with Gasteiger partial charge in [-0.15, -0.1) is 0 Å². The van der Waals surface area contributed by atoms with E-state index in [1.54, 1.807) is 0 Å². The van der Waals surface area contributed by atoms with Crippen LogP contribution in [0.15, 0.2) is 273 Å². The zero-order valence-corrected chi connectivity index (χ0v) is 39.3. The fourth-order valence-corrected chi connectivity index (χ4v) is 16.6. The van der Waals surface area contributed by atoms with E-state index in [1.165, 1.54) is 97.3 Å². The Labute approximate surface area is 407 Å². The summed E-state index contributed by atoms with van der Waals surface area (Å²) < 4.78 is 7.38. The highest BCUT2D eigenvalue weighted by molar-refractivity contribution is 7.20. The lowest BCUT2D eigenvalue weighted by Crippen LogP contribution is -2.74. The van der Waals surface area contributed by atoms with Crippen LogP contribution < -0.4 is 20.7 Å². The van der Waals surface area contributed by atoms with Crippen molar-refractivity contribution < 1.29 is 0 Å². The molecule has 0 bridgehead atoms. The highest BCUT2D eigenvalue weighted by Gasteiger charge is 2.41. The molecule has 0 saturated heterocycles. The summed E-state index contributed by atoms with van der Waals surface area (Å²) in [6.45, 7) is 0. The van der Waals surface area contributed by atoms with Gasteiger partial charge in [0.2, 0.25) is 0 Å². The van der Waals surface area contributed by atoms with Crippen LogP contribution in [0.2, 0.25) is 0 Å². The topological polar surface area (TPSA) is 14.8 Å². The molecule has 0 amide bonds. The largest absolute Gasteiger partial charge is 0.309 e. The average Bonchev–Trinajstić information content (AvgIpc) is 4.08. The predicted molar refractivity (Wildman–Crippen MR) is 299 cm³/mol. The number of hydrogen-bond donors (Lipinski definition) is 0. The van der Waals surface area contributed by atoms with Gasteiger partial charge in [-0.3, -0.25) is 0 Å². The molecule has 3 aromatic heterocycles. The summed E-state index contributed by atoms with van der Waals surface area (Å²) in [6, 6.07) is 101. The van der Waals surface area contributed by atoms with Crippen molar-refractivity contribution in [3.8, 4) is 28.2 Å². The van der Waals surface area contributed by atoms with Crippen molar-refractivity contribution in [3.05, 3.63) is 273 Å². The zero-order chi connectivity index (χ0) is 46.2. The number of nitrogens with zero attached hydrogens (tertiary/aromatic N) is 3. The maximum atomic E-state index is 2.55. The second-order valence-electron chi connectivity index (χ2n) is 18.4. The van der Waals surface area contributed by atoms with Crippen LogP contribution in [0, 0.1) is 0 Å². The maximum Gasteiger partial charge on any atom is 0.179 e. The summed E-state index contributed by atoms with van der Waals surface area (Å²) in [5, 5.41) is 12.8. The lowest BCUT2D eigenvalue weighted by atomic mass is 9.99. The van der Waals surface area contributed by atoms with Crippen LogP contribution in [-0.2, 0) is 0 Å². The fourth-order valence-electron chi connectivity index (χ4n) is 11.8. The van der Waals surface area contributed by atoms with Crippen LogP contribution in [0.5, 0.6) is 0 Å². The second kappa shape index (κ2) is 16.1. The van der Waals surface area contributed by atoms with Crippen LogP contribution >= 0.6 is 0 Å². The minimum absolute atomic E-state index is 1.13. The van der Waals surface area contributed by atoms with E-state index in [2.05, 4.69) is 287 Å². The number of benzene rings is 11. The molecule has 0 unspecified atom stereocenters. The van der Waals surface area contributed by atoms with Crippen LogP contribution in [0.1, 0.15) is 0 Å². The van der Waals surface area contributed by atoms with Crippen LogP contribution in [0.3, 0.4) is 0 Å². The molecule has 3 nitrogen and oxygen atoms in total. The number of fused-ring (bicyclic) bond motifs is 9. The standard InChI is InChI=1S/C66H45N3Si/c1-6-21-46(22-7-1)54-33-20-36-65-66(54)56-32-17-19-35-61(56)69(65)49-38-41-63-58(44-49)59-45-53(70(50-25-10-3-11-26-50,51-27-12-4-13-28-51)52-29-14-5-15-30-52)39-42-64(59)68(63)48-37-40-62-57(43-48)55-31-16-18-34-60(55)67(62)47-23-8-2-9-24-47/h1-45H. The van der Waals surface area contributed by atoms with Gasteiger partial charge in [-0.25, -0.2) is 0 Å². The van der Waals surface area contributed by atoms with Crippen molar-refractivity contribution in [1.82, 2.24) is 13.7 Å². The van der Waals surface area contributed by atoms with Crippen molar-refractivity contribution in [2.75, 3.05) is 0 Å². The third-order valence-corrected chi connectivity index (χ3v) is 19.5. The van der Waals surface area contributed by atoms with Gasteiger partial charge in [0.05, 0.1) is 33.1 Å². The molecule has 0 aliphatic rings. The Morgan fingerprint density at radius 2 is 0.629 bits per heavy atom. The number of aromatic nitrogens is 3. The van der Waals surface area contributed by atoms with E-state index in [9.17, 15) is 0 Å². The molecule has 14 aromatic rings. The Kier molecular flexibility index (Phi) is 9.23. The van der Waals surface area contributed by atoms with E-state index in [0.717, 1.165) is 17.1 Å². The quantitative estimate of drug-likeness (QED) is 0.107. The normalized spacial score (nSPS) is 12.0. The third kappa shape index (κ3) is 6.00. The molecule has 70 heavy (non-hydrogen) atoms. The van der Waals surface area contributed by atoms with Crippen LogP contribution in [-0.4, -0.2) is 21.8 Å². The van der Waals surface area contributed by atoms with Gasteiger partial charge in [-0.1, -0.05) is 200 Å². The Morgan fingerprint density at radius 1 is 0.229 bits per heavy atom. The van der Waals surface area contributed by atoms with E-state index in [-0.39, 0.29) is 0 Å². The molecule has 0 N–H and O–H groups in total. The summed E-state index contributed by atoms with van der Waals surface area (Å²) in [6.07, 6.45) is 0. The van der Waals surface area contributed by atoms with Gasteiger partial charge in [-0.2, -0.15) is 0 Å². The summed E-state index contributed by atoms with van der Waals surface area (Å²) in [7, 11) is -2.87. The Morgan fingerprint density at radius 3 is 1.21 bits per heavy atom. The molecule has 0 radical (unpaired) electrons. The highest BCUT2D eigenvalue weighted by Crippen LogP contribution is 2.41. The first-order valence-electron chi connectivity index (χ1n) is 24.2. The van der Waals surface area contributed by atoms with E-state index >= 15 is 0 Å². The molecule has 14 rings (SSSR count). The van der Waals surface area contributed by atoms with Crippen LogP contribution in [0.4, 0.5) is 0 Å². The van der Waals surface area contributed by atoms with E-state index in [4.69, 9.17) is 0 Å². The molecule has 0 atom stereocenters. The van der Waals surface area contributed by atoms with E-state index in [1.807, 2.05) is 0 Å². The van der Waals surface area contributed by atoms with Crippen molar-refractivity contribution in [2.45, 2.75) is 0 Å². The number of hydrogen-bond acceptors (Lipinski definition) is 0. The first-order valence-corrected chi connectivity index (χ1v) is 26.2. The number of para-hydroxylation sites is 3. The molecule has 328 valence electrons. The smallest absolute Gasteiger partial charge is 0.179 e. The molecule has 0 aliphatic carbocycles. The second-order valence-corrected chi connectivity index (χ2v) is 22.2. The minimum Gasteiger partial charge on any atom is -0.309 e. The Balaban J connectivity index is 1.08. The molecule has 4 heteroatoms. The molecule has 0 spiro atoms. The van der Waals surface area contributed by atoms with Gasteiger partial charge in [0, 0.05) is 49.4 Å². The van der Waals surface area contributed by atoms with Gasteiger partial charge in [-0.05, 0) is 105 Å². The summed E-state index contributed by atoms with van der Waals surface area (Å²) in [5.74, 6) is 0. The monoisotopic (exact) mass is 907 g/mol. The minimum atomic E-state index is -2.87. The molecular formula is C66H45N3Si. The SMILES string of the molecule is c1ccc(-c2cccc3c2c2ccccc2n3-c2ccc3c(c2)c2cc([Si](c4ccccc4)(c4ccccc4)c4ccccc4)ccc2n3-c2ccc3c(c2)c2ccccc2n3-c2ccccc2)cc1. The summed E-state index contributed by atoms with van der Waals surface area (Å²) in [4.78, 5) is 0. The van der Waals surface area contributed by atoms with Crippen LogP contribution in [0.25, 0.3) is 93.6 Å².